The summed E-state index contributed by atoms with van der Waals surface area (Å²) in [5.41, 5.74) is 18.1. The van der Waals surface area contributed by atoms with Gasteiger partial charge in [-0.3, -0.25) is 38.4 Å². The Morgan fingerprint density at radius 1 is 0.514 bits per heavy atom. The van der Waals surface area contributed by atoms with Crippen LogP contribution in [0, 0.1) is 17.8 Å². The lowest BCUT2D eigenvalue weighted by Crippen LogP contribution is -2.60. The summed E-state index contributed by atoms with van der Waals surface area (Å²) in [5.74, 6) is -7.86. The Bertz CT molecular complexity index is 1920. The number of hydrogen-bond acceptors (Lipinski definition) is 14. The predicted molar refractivity (Wildman–Crippen MR) is 270 cm³/mol. The van der Waals surface area contributed by atoms with Gasteiger partial charge >= 0.3 is 5.97 Å². The first-order valence-corrected chi connectivity index (χ1v) is 25.0. The lowest BCUT2D eigenvalue weighted by molar-refractivity contribution is -0.145. The summed E-state index contributed by atoms with van der Waals surface area (Å²) in [6.45, 7) is 15.5. The Hall–Kier alpha value is -5.91. The third-order valence-corrected chi connectivity index (χ3v) is 11.9. The molecule has 0 aromatic heterocycles. The molecule has 1 aromatic carbocycles. The maximum atomic E-state index is 14.3. The number of aliphatic carboxylic acids is 1. The lowest BCUT2D eigenvalue weighted by Gasteiger charge is -2.29. The summed E-state index contributed by atoms with van der Waals surface area (Å²) < 4.78 is 0. The van der Waals surface area contributed by atoms with Gasteiger partial charge in [-0.15, -0.1) is 0 Å². The molecule has 0 saturated heterocycles. The van der Waals surface area contributed by atoms with Gasteiger partial charge in [-0.25, -0.2) is 4.79 Å². The second-order valence-corrected chi connectivity index (χ2v) is 19.4. The van der Waals surface area contributed by atoms with Gasteiger partial charge in [-0.05, 0) is 121 Å². The van der Waals surface area contributed by atoms with Gasteiger partial charge in [0.25, 0.3) is 0 Å². The molecule has 8 amide bonds. The number of nitrogens with one attached hydrogen (secondary N) is 8. The maximum absolute atomic E-state index is 14.3. The zero-order valence-electron chi connectivity index (χ0n) is 43.5. The van der Waals surface area contributed by atoms with Crippen LogP contribution in [0.5, 0.6) is 5.75 Å². The quantitative estimate of drug-likeness (QED) is 0.0370. The number of unbranched alkanes of at least 4 members (excludes halogenated alkanes) is 2. The summed E-state index contributed by atoms with van der Waals surface area (Å²) in [5, 5.41) is 50.0. The van der Waals surface area contributed by atoms with Crippen LogP contribution in [-0.2, 0) is 49.6 Å². The number of phenolic OH excluding ortho intramolecular Hbond substituents is 1. The minimum Gasteiger partial charge on any atom is -0.508 e. The summed E-state index contributed by atoms with van der Waals surface area (Å²) >= 11 is 0. The number of nitrogens with two attached hydrogens (primary N) is 3. The Morgan fingerprint density at radius 2 is 0.931 bits per heavy atom. The van der Waals surface area contributed by atoms with Gasteiger partial charge in [0, 0.05) is 6.42 Å². The van der Waals surface area contributed by atoms with Gasteiger partial charge in [0.2, 0.25) is 47.3 Å². The first-order chi connectivity index (χ1) is 33.8. The third kappa shape index (κ3) is 23.5. The van der Waals surface area contributed by atoms with Crippen LogP contribution in [0.2, 0.25) is 0 Å². The number of carbonyl (C=O) groups excluding carboxylic acids is 8. The molecule has 0 aliphatic rings. The molecule has 0 fully saturated rings. The van der Waals surface area contributed by atoms with Gasteiger partial charge in [-0.2, -0.15) is 0 Å². The third-order valence-electron chi connectivity index (χ3n) is 11.9. The van der Waals surface area contributed by atoms with Crippen LogP contribution < -0.4 is 59.7 Å². The van der Waals surface area contributed by atoms with Crippen molar-refractivity contribution in [2.45, 2.75) is 187 Å². The highest BCUT2D eigenvalue weighted by molar-refractivity contribution is 5.98. The van der Waals surface area contributed by atoms with E-state index in [0.29, 0.717) is 44.1 Å². The van der Waals surface area contributed by atoms with Gasteiger partial charge in [0.05, 0.1) is 12.1 Å². The van der Waals surface area contributed by atoms with Crippen molar-refractivity contribution in [3.8, 4) is 5.75 Å². The van der Waals surface area contributed by atoms with E-state index >= 15 is 0 Å². The first kappa shape index (κ1) is 64.1. The monoisotopic (exact) mass is 1020 g/mol. The van der Waals surface area contributed by atoms with Crippen LogP contribution in [0.25, 0.3) is 0 Å². The number of aromatic hydroxyl groups is 1. The molecule has 0 saturated carbocycles. The second-order valence-electron chi connectivity index (χ2n) is 19.4. The van der Waals surface area contributed by atoms with Crippen molar-refractivity contribution in [3.05, 3.63) is 29.8 Å². The van der Waals surface area contributed by atoms with E-state index in [1.165, 1.54) is 32.9 Å². The first-order valence-electron chi connectivity index (χ1n) is 25.0. The van der Waals surface area contributed by atoms with E-state index in [1.807, 2.05) is 34.6 Å². The molecule has 0 radical (unpaired) electrons. The minimum absolute atomic E-state index is 0.0453. The normalized spacial score (nSPS) is 15.9. The van der Waals surface area contributed by atoms with E-state index in [9.17, 15) is 58.5 Å². The molecule has 1 rings (SSSR count). The molecule has 0 spiro atoms. The molecule has 0 heterocycles. The van der Waals surface area contributed by atoms with Crippen molar-refractivity contribution in [2.24, 2.45) is 35.0 Å². The van der Waals surface area contributed by atoms with Crippen LogP contribution in [-0.4, -0.2) is 142 Å². The number of amides is 8. The predicted octanol–water partition coefficient (Wildman–Crippen LogP) is -0.958. The molecule has 0 aliphatic heterocycles. The summed E-state index contributed by atoms with van der Waals surface area (Å²) in [4.78, 5) is 121. The van der Waals surface area contributed by atoms with E-state index in [-0.39, 0.29) is 62.3 Å². The Kier molecular flexibility index (Phi) is 29.3. The number of carboxylic acids is 1. The fourth-order valence-electron chi connectivity index (χ4n) is 7.41. The Morgan fingerprint density at radius 3 is 1.39 bits per heavy atom. The zero-order valence-corrected chi connectivity index (χ0v) is 43.5. The number of aliphatic hydroxyl groups excluding tert-OH is 1. The number of carbonyl (C=O) groups is 9. The summed E-state index contributed by atoms with van der Waals surface area (Å²) in [6, 6.07) is -5.26. The van der Waals surface area contributed by atoms with Crippen molar-refractivity contribution in [1.82, 2.24) is 42.5 Å². The van der Waals surface area contributed by atoms with E-state index in [2.05, 4.69) is 42.5 Å². The highest BCUT2D eigenvalue weighted by Crippen LogP contribution is 2.15. The molecule has 1 aromatic rings. The lowest BCUT2D eigenvalue weighted by atomic mass is 9.96. The second kappa shape index (κ2) is 32.9. The van der Waals surface area contributed by atoms with Crippen LogP contribution in [0.1, 0.15) is 126 Å². The average Bonchev–Trinajstić information content (AvgIpc) is 3.30. The molecule has 72 heavy (non-hydrogen) atoms. The highest BCUT2D eigenvalue weighted by Gasteiger charge is 2.35. The smallest absolute Gasteiger partial charge is 0.328 e. The molecule has 17 N–H and O–H groups in total. The van der Waals surface area contributed by atoms with E-state index in [0.717, 1.165) is 0 Å². The number of hydrogen-bond donors (Lipinski definition) is 14. The van der Waals surface area contributed by atoms with E-state index in [1.54, 1.807) is 19.1 Å². The summed E-state index contributed by atoms with van der Waals surface area (Å²) in [6.07, 6.45) is 1.25. The maximum Gasteiger partial charge on any atom is 0.328 e. The van der Waals surface area contributed by atoms with Gasteiger partial charge < -0.3 is 75.1 Å². The van der Waals surface area contributed by atoms with Crippen molar-refractivity contribution < 1.29 is 58.5 Å². The van der Waals surface area contributed by atoms with Crippen LogP contribution in [0.15, 0.2) is 24.3 Å². The van der Waals surface area contributed by atoms with E-state index < -0.39 is 114 Å². The van der Waals surface area contributed by atoms with E-state index in [4.69, 9.17) is 17.2 Å². The largest absolute Gasteiger partial charge is 0.508 e. The molecular weight excluding hydrogens is 935 g/mol. The van der Waals surface area contributed by atoms with Gasteiger partial charge in [0.15, 0.2) is 6.04 Å². The van der Waals surface area contributed by atoms with Crippen molar-refractivity contribution in [3.63, 3.8) is 0 Å². The van der Waals surface area contributed by atoms with Gasteiger partial charge in [0.1, 0.15) is 48.0 Å². The number of rotatable bonds is 34. The minimum atomic E-state index is -1.65. The standard InChI is InChI=1S/C49H85N11O12/c1-10-28(6)39(59-43(65)34(52)23-26(2)3)48(70)54-29(7)41(63)57-38(25-32-17-19-33(62)20-18-32)47(69)58-37(24-27(4)5)46(68)56-36(16-12-14-22-51)45(67)55-35(15-11-13-21-50)44(66)53-30(8)42(64)60-40(31(9)61)49(71)72/h17-20,26-31,34-40,61-62H,10-16,21-25,50-52H2,1-9H3,(H,53,66)(H,54,70)(H,55,67)(H,56,68)(H,57,63)(H,58,69)(H,59,65)(H,60,64)(H,71,72)/t28-,29-,30-,31+,34-,35-,36-,37-,38-,39-,40-/m0/s1. The molecule has 0 unspecified atom stereocenters. The molecule has 11 atom stereocenters. The Balaban J connectivity index is 3.47. The van der Waals surface area contributed by atoms with Crippen LogP contribution in [0.4, 0.5) is 0 Å². The fraction of sp³-hybridized carbons (Fsp3) is 0.694. The highest BCUT2D eigenvalue weighted by atomic mass is 16.4. The topological polar surface area (TPSA) is 389 Å². The Labute approximate surface area is 423 Å². The van der Waals surface area contributed by atoms with Gasteiger partial charge in [-0.1, -0.05) is 60.1 Å². The number of benzene rings is 1. The molecule has 0 bridgehead atoms. The van der Waals surface area contributed by atoms with Crippen LogP contribution >= 0.6 is 0 Å². The van der Waals surface area contributed by atoms with Crippen molar-refractivity contribution >= 4 is 53.2 Å². The molecule has 23 heteroatoms. The number of carboxylic acid groups (broad SMARTS) is 1. The molecule has 408 valence electrons. The molecule has 23 nitrogen and oxygen atoms in total. The number of phenols is 1. The zero-order chi connectivity index (χ0) is 54.8. The fourth-order valence-corrected chi connectivity index (χ4v) is 7.41. The van der Waals surface area contributed by atoms with Crippen molar-refractivity contribution in [2.75, 3.05) is 13.1 Å². The van der Waals surface area contributed by atoms with Crippen molar-refractivity contribution in [1.29, 1.82) is 0 Å². The summed E-state index contributed by atoms with van der Waals surface area (Å²) in [7, 11) is 0. The average molecular weight is 1020 g/mol. The number of aliphatic hydroxyl groups is 1. The molecule has 0 aliphatic carbocycles. The van der Waals surface area contributed by atoms with Crippen LogP contribution in [0.3, 0.4) is 0 Å². The SMILES string of the molecule is CC[C@H](C)[C@H](NC(=O)[C@@H](N)CC(C)C)C(=O)N[C@@H](C)C(=O)N[C@@H](Cc1ccc(O)cc1)C(=O)N[C@@H](CC(C)C)C(=O)N[C@@H](CCCCN)C(=O)N[C@@H](CCCCN)C(=O)N[C@@H](C)C(=O)N[C@H](C(=O)O)[C@@H](C)O. The molecular formula is C49H85N11O12.